The van der Waals surface area contributed by atoms with Gasteiger partial charge in [-0.15, -0.1) is 0 Å². The lowest BCUT2D eigenvalue weighted by molar-refractivity contribution is -0.122. The molecule has 0 aliphatic carbocycles. The first-order valence-corrected chi connectivity index (χ1v) is 4.08. The Kier molecular flexibility index (Phi) is 5.17. The summed E-state index contributed by atoms with van der Waals surface area (Å²) in [5, 5.41) is 0. The Bertz CT molecular complexity index is 177. The van der Waals surface area contributed by atoms with Crippen LogP contribution in [0.15, 0.2) is 4.99 Å². The Balaban J connectivity index is 4.32. The normalized spacial score (nSPS) is 14.8. The standard InChI is InChI=1S/C9H15NO2/c1-4-5-8(6-11)9(10-3)7(2)12/h6,8-9H,3-5H2,1-2H3/t8-,9+/m1/s1. The third-order valence-electron chi connectivity index (χ3n) is 1.82. The van der Waals surface area contributed by atoms with Gasteiger partial charge in [0.25, 0.3) is 0 Å². The quantitative estimate of drug-likeness (QED) is 0.444. The largest absolute Gasteiger partial charge is 0.303 e. The smallest absolute Gasteiger partial charge is 0.154 e. The van der Waals surface area contributed by atoms with E-state index in [1.807, 2.05) is 6.92 Å². The van der Waals surface area contributed by atoms with E-state index in [4.69, 9.17) is 0 Å². The van der Waals surface area contributed by atoms with Crippen molar-refractivity contribution in [1.82, 2.24) is 0 Å². The van der Waals surface area contributed by atoms with Crippen LogP contribution in [0.5, 0.6) is 0 Å². The average molecular weight is 169 g/mol. The van der Waals surface area contributed by atoms with Gasteiger partial charge in [0.05, 0.1) is 0 Å². The van der Waals surface area contributed by atoms with Crippen LogP contribution in [0.2, 0.25) is 0 Å². The fraction of sp³-hybridized carbons (Fsp3) is 0.667. The highest BCUT2D eigenvalue weighted by atomic mass is 16.1. The van der Waals surface area contributed by atoms with E-state index in [-0.39, 0.29) is 11.7 Å². The van der Waals surface area contributed by atoms with Gasteiger partial charge in [-0.25, -0.2) is 0 Å². The first kappa shape index (κ1) is 11.0. The first-order chi connectivity index (χ1) is 5.67. The van der Waals surface area contributed by atoms with E-state index in [1.54, 1.807) is 0 Å². The summed E-state index contributed by atoms with van der Waals surface area (Å²) in [6, 6.07) is -0.539. The Hall–Kier alpha value is -0.990. The number of Topliss-reactive ketones (excluding diaryl/α,β-unsaturated/α-hetero) is 1. The molecule has 0 spiro atoms. The van der Waals surface area contributed by atoms with Crippen molar-refractivity contribution in [3.8, 4) is 0 Å². The number of rotatable bonds is 6. The zero-order valence-electron chi connectivity index (χ0n) is 7.62. The number of carbonyl (C=O) groups excluding carboxylic acids is 2. The van der Waals surface area contributed by atoms with Crippen LogP contribution in [0.4, 0.5) is 0 Å². The second kappa shape index (κ2) is 5.63. The molecule has 12 heavy (non-hydrogen) atoms. The number of aldehydes is 1. The molecule has 3 heteroatoms. The zero-order chi connectivity index (χ0) is 9.56. The molecule has 0 aliphatic heterocycles. The van der Waals surface area contributed by atoms with E-state index in [0.717, 1.165) is 12.7 Å². The van der Waals surface area contributed by atoms with E-state index >= 15 is 0 Å². The van der Waals surface area contributed by atoms with Crippen molar-refractivity contribution < 1.29 is 9.59 Å². The van der Waals surface area contributed by atoms with Crippen molar-refractivity contribution in [2.75, 3.05) is 0 Å². The van der Waals surface area contributed by atoms with Gasteiger partial charge in [-0.05, 0) is 20.1 Å². The van der Waals surface area contributed by atoms with E-state index in [1.165, 1.54) is 6.92 Å². The Morgan fingerprint density at radius 3 is 2.50 bits per heavy atom. The van der Waals surface area contributed by atoms with Crippen molar-refractivity contribution in [3.05, 3.63) is 0 Å². The van der Waals surface area contributed by atoms with Crippen LogP contribution >= 0.6 is 0 Å². The molecule has 0 aromatic heterocycles. The van der Waals surface area contributed by atoms with Crippen molar-refractivity contribution >= 4 is 18.8 Å². The highest BCUT2D eigenvalue weighted by Gasteiger charge is 2.22. The molecular weight excluding hydrogens is 154 g/mol. The van der Waals surface area contributed by atoms with Crippen LogP contribution in [0.3, 0.4) is 0 Å². The van der Waals surface area contributed by atoms with Crippen molar-refractivity contribution in [2.24, 2.45) is 10.9 Å². The Morgan fingerprint density at radius 2 is 2.25 bits per heavy atom. The zero-order valence-corrected chi connectivity index (χ0v) is 7.62. The van der Waals surface area contributed by atoms with Crippen molar-refractivity contribution in [1.29, 1.82) is 0 Å². The third-order valence-corrected chi connectivity index (χ3v) is 1.82. The molecule has 0 saturated carbocycles. The maximum atomic E-state index is 11.0. The molecule has 2 atom stereocenters. The van der Waals surface area contributed by atoms with Gasteiger partial charge < -0.3 is 4.79 Å². The summed E-state index contributed by atoms with van der Waals surface area (Å²) in [6.45, 7) is 6.71. The number of carbonyl (C=O) groups is 2. The van der Waals surface area contributed by atoms with Gasteiger partial charge in [-0.2, -0.15) is 0 Å². The number of hydrogen-bond acceptors (Lipinski definition) is 3. The fourth-order valence-corrected chi connectivity index (χ4v) is 1.20. The second-order valence-corrected chi connectivity index (χ2v) is 2.83. The second-order valence-electron chi connectivity index (χ2n) is 2.83. The third kappa shape index (κ3) is 2.95. The molecule has 68 valence electrons. The number of hydrogen-bond donors (Lipinski definition) is 0. The molecule has 0 N–H and O–H groups in total. The Morgan fingerprint density at radius 1 is 1.67 bits per heavy atom. The van der Waals surface area contributed by atoms with Gasteiger partial charge >= 0.3 is 0 Å². The summed E-state index contributed by atoms with van der Waals surface area (Å²) >= 11 is 0. The first-order valence-electron chi connectivity index (χ1n) is 4.08. The summed E-state index contributed by atoms with van der Waals surface area (Å²) in [5.41, 5.74) is 0. The molecular formula is C9H15NO2. The molecule has 0 saturated heterocycles. The molecule has 0 radical (unpaired) electrons. The van der Waals surface area contributed by atoms with E-state index in [9.17, 15) is 9.59 Å². The SMILES string of the molecule is C=N[C@@H](C(C)=O)[C@@H](C=O)CCC. The summed E-state index contributed by atoms with van der Waals surface area (Å²) in [6.07, 6.45) is 2.37. The number of aliphatic imine (C=N–C) groups is 1. The lowest BCUT2D eigenvalue weighted by Gasteiger charge is -2.14. The molecule has 0 amide bonds. The molecule has 0 aliphatic rings. The number of nitrogens with zero attached hydrogens (tertiary/aromatic N) is 1. The van der Waals surface area contributed by atoms with E-state index < -0.39 is 6.04 Å². The predicted octanol–water partition coefficient (Wildman–Crippen LogP) is 1.26. The highest BCUT2D eigenvalue weighted by molar-refractivity contribution is 5.85. The van der Waals surface area contributed by atoms with Gasteiger partial charge in [0.15, 0.2) is 5.78 Å². The average Bonchev–Trinajstić information content (AvgIpc) is 2.03. The lowest BCUT2D eigenvalue weighted by atomic mass is 9.94. The van der Waals surface area contributed by atoms with E-state index in [0.29, 0.717) is 6.42 Å². The summed E-state index contributed by atoms with van der Waals surface area (Å²) in [5.74, 6) is -0.374. The minimum Gasteiger partial charge on any atom is -0.303 e. The van der Waals surface area contributed by atoms with Crippen LogP contribution in [-0.2, 0) is 9.59 Å². The minimum absolute atomic E-state index is 0.0875. The predicted molar refractivity (Wildman–Crippen MR) is 48.5 cm³/mol. The van der Waals surface area contributed by atoms with Crippen molar-refractivity contribution in [3.63, 3.8) is 0 Å². The summed E-state index contributed by atoms with van der Waals surface area (Å²) in [4.78, 5) is 25.2. The van der Waals surface area contributed by atoms with Crippen LogP contribution in [0.1, 0.15) is 26.7 Å². The topological polar surface area (TPSA) is 46.5 Å². The lowest BCUT2D eigenvalue weighted by Crippen LogP contribution is -2.26. The molecule has 0 unspecified atom stereocenters. The van der Waals surface area contributed by atoms with Gasteiger partial charge in [0.1, 0.15) is 12.3 Å². The maximum absolute atomic E-state index is 11.0. The monoisotopic (exact) mass is 169 g/mol. The van der Waals surface area contributed by atoms with Gasteiger partial charge in [-0.1, -0.05) is 13.3 Å². The fourth-order valence-electron chi connectivity index (χ4n) is 1.20. The molecule has 0 heterocycles. The minimum atomic E-state index is -0.539. The number of ketones is 1. The summed E-state index contributed by atoms with van der Waals surface area (Å²) in [7, 11) is 0. The Labute approximate surface area is 72.9 Å². The highest BCUT2D eigenvalue weighted by Crippen LogP contribution is 2.12. The molecule has 0 aromatic carbocycles. The molecule has 3 nitrogen and oxygen atoms in total. The van der Waals surface area contributed by atoms with Gasteiger partial charge in [0.2, 0.25) is 0 Å². The van der Waals surface area contributed by atoms with Crippen molar-refractivity contribution in [2.45, 2.75) is 32.7 Å². The molecule has 0 rings (SSSR count). The van der Waals surface area contributed by atoms with Gasteiger partial charge in [-0.3, -0.25) is 9.79 Å². The molecule has 0 bridgehead atoms. The van der Waals surface area contributed by atoms with Crippen LogP contribution in [0.25, 0.3) is 0 Å². The van der Waals surface area contributed by atoms with Crippen LogP contribution < -0.4 is 0 Å². The van der Waals surface area contributed by atoms with Crippen LogP contribution in [-0.4, -0.2) is 24.8 Å². The molecule has 0 aromatic rings. The van der Waals surface area contributed by atoms with Crippen LogP contribution in [0, 0.1) is 5.92 Å². The van der Waals surface area contributed by atoms with Gasteiger partial charge in [0, 0.05) is 5.92 Å². The molecule has 0 fully saturated rings. The maximum Gasteiger partial charge on any atom is 0.154 e. The summed E-state index contributed by atoms with van der Waals surface area (Å²) < 4.78 is 0. The van der Waals surface area contributed by atoms with E-state index in [2.05, 4.69) is 11.7 Å².